The van der Waals surface area contributed by atoms with Crippen LogP contribution < -0.4 is 4.74 Å². The highest BCUT2D eigenvalue weighted by Crippen LogP contribution is 2.30. The Bertz CT molecular complexity index is 1260. The molecule has 3 aromatic heterocycles. The highest BCUT2D eigenvalue weighted by molar-refractivity contribution is 7.98. The predicted octanol–water partition coefficient (Wildman–Crippen LogP) is 4.28. The van der Waals surface area contributed by atoms with Crippen molar-refractivity contribution >= 4 is 17.5 Å². The summed E-state index contributed by atoms with van der Waals surface area (Å²) < 4.78 is 9.36. The van der Waals surface area contributed by atoms with Crippen LogP contribution in [0.3, 0.4) is 0 Å². The van der Waals surface area contributed by atoms with Gasteiger partial charge in [-0.3, -0.25) is 8.97 Å². The van der Waals surface area contributed by atoms with Gasteiger partial charge in [-0.2, -0.15) is 0 Å². The van der Waals surface area contributed by atoms with E-state index in [1.165, 1.54) is 0 Å². The van der Waals surface area contributed by atoms with Gasteiger partial charge in [0.05, 0.1) is 12.8 Å². The van der Waals surface area contributed by atoms with E-state index in [1.54, 1.807) is 25.1 Å². The summed E-state index contributed by atoms with van der Waals surface area (Å²) in [5.74, 6) is 2.89. The standard InChI is InChI=1S/C22H18N6OS/c1-29-19-10-5-7-16(13-19)20-25-26-22(28(20)18-8-3-2-4-9-18)30-15-17-14-27-12-6-11-23-21(27)24-17/h2-14H,15H2,1H3. The van der Waals surface area contributed by atoms with Gasteiger partial charge in [-0.1, -0.05) is 42.1 Å². The first-order valence-corrected chi connectivity index (χ1v) is 10.4. The zero-order chi connectivity index (χ0) is 20.3. The van der Waals surface area contributed by atoms with Gasteiger partial charge in [0.2, 0.25) is 5.78 Å². The molecule has 0 atom stereocenters. The number of nitrogens with zero attached hydrogens (tertiary/aromatic N) is 6. The zero-order valence-corrected chi connectivity index (χ0v) is 17.0. The second kappa shape index (κ2) is 8.00. The molecule has 0 saturated carbocycles. The number of thioether (sulfide) groups is 1. The van der Waals surface area contributed by atoms with Crippen molar-refractivity contribution in [3.05, 3.63) is 84.9 Å². The largest absolute Gasteiger partial charge is 0.497 e. The first-order chi connectivity index (χ1) is 14.8. The molecule has 0 bridgehead atoms. The van der Waals surface area contributed by atoms with Gasteiger partial charge in [0.15, 0.2) is 11.0 Å². The Hall–Kier alpha value is -3.65. The van der Waals surface area contributed by atoms with Gasteiger partial charge >= 0.3 is 0 Å². The highest BCUT2D eigenvalue weighted by Gasteiger charge is 2.17. The third kappa shape index (κ3) is 3.53. The molecule has 30 heavy (non-hydrogen) atoms. The summed E-state index contributed by atoms with van der Waals surface area (Å²) >= 11 is 1.59. The summed E-state index contributed by atoms with van der Waals surface area (Å²) in [6, 6.07) is 19.8. The minimum Gasteiger partial charge on any atom is -0.497 e. The van der Waals surface area contributed by atoms with Crippen LogP contribution >= 0.6 is 11.8 Å². The Labute approximate surface area is 177 Å². The maximum atomic E-state index is 5.38. The van der Waals surface area contributed by atoms with Gasteiger partial charge in [0, 0.05) is 35.6 Å². The van der Waals surface area contributed by atoms with Crippen molar-refractivity contribution < 1.29 is 4.74 Å². The SMILES string of the molecule is COc1cccc(-c2nnc(SCc3cn4cccnc4n3)n2-c2ccccc2)c1. The fourth-order valence-corrected chi connectivity index (χ4v) is 4.05. The van der Waals surface area contributed by atoms with E-state index < -0.39 is 0 Å². The molecule has 3 heterocycles. The zero-order valence-electron chi connectivity index (χ0n) is 16.2. The number of para-hydroxylation sites is 1. The Balaban J connectivity index is 1.52. The van der Waals surface area contributed by atoms with Crippen LogP contribution in [-0.2, 0) is 5.75 Å². The van der Waals surface area contributed by atoms with Crippen LogP contribution in [0.4, 0.5) is 0 Å². The molecule has 0 radical (unpaired) electrons. The van der Waals surface area contributed by atoms with E-state index in [0.29, 0.717) is 11.5 Å². The van der Waals surface area contributed by atoms with Crippen LogP contribution in [0.1, 0.15) is 5.69 Å². The summed E-state index contributed by atoms with van der Waals surface area (Å²) in [6.45, 7) is 0. The number of aromatic nitrogens is 6. The Morgan fingerprint density at radius 1 is 1.00 bits per heavy atom. The number of methoxy groups -OCH3 is 1. The number of hydrogen-bond donors (Lipinski definition) is 0. The van der Waals surface area contributed by atoms with Gasteiger partial charge < -0.3 is 4.74 Å². The van der Waals surface area contributed by atoms with Crippen molar-refractivity contribution in [2.45, 2.75) is 10.9 Å². The monoisotopic (exact) mass is 414 g/mol. The van der Waals surface area contributed by atoms with Crippen molar-refractivity contribution in [1.29, 1.82) is 0 Å². The first-order valence-electron chi connectivity index (χ1n) is 9.38. The lowest BCUT2D eigenvalue weighted by molar-refractivity contribution is 0.415. The minimum atomic E-state index is 0.659. The lowest BCUT2D eigenvalue weighted by Gasteiger charge is -2.10. The van der Waals surface area contributed by atoms with Gasteiger partial charge in [-0.15, -0.1) is 10.2 Å². The van der Waals surface area contributed by atoms with E-state index in [9.17, 15) is 0 Å². The van der Waals surface area contributed by atoms with Crippen LogP contribution in [0, 0.1) is 0 Å². The molecule has 0 aliphatic rings. The topological polar surface area (TPSA) is 70.1 Å². The molecule has 0 N–H and O–H groups in total. The van der Waals surface area contributed by atoms with Crippen LogP contribution in [0.5, 0.6) is 5.75 Å². The molecule has 2 aromatic carbocycles. The summed E-state index contributed by atoms with van der Waals surface area (Å²) in [5.41, 5.74) is 2.87. The average molecular weight is 414 g/mol. The Kier molecular flexibility index (Phi) is 4.90. The van der Waals surface area contributed by atoms with E-state index in [4.69, 9.17) is 4.74 Å². The van der Waals surface area contributed by atoms with Crippen molar-refractivity contribution in [1.82, 2.24) is 29.1 Å². The van der Waals surface area contributed by atoms with Gasteiger partial charge in [0.25, 0.3) is 0 Å². The number of ether oxygens (including phenoxy) is 1. The molecule has 0 spiro atoms. The van der Waals surface area contributed by atoms with E-state index in [-0.39, 0.29) is 0 Å². The molecule has 7 nitrogen and oxygen atoms in total. The third-order valence-corrected chi connectivity index (χ3v) is 5.57. The first kappa shape index (κ1) is 18.4. The van der Waals surface area contributed by atoms with Crippen molar-refractivity contribution in [2.24, 2.45) is 0 Å². The van der Waals surface area contributed by atoms with Crippen molar-refractivity contribution in [2.75, 3.05) is 7.11 Å². The lowest BCUT2D eigenvalue weighted by atomic mass is 10.2. The molecule has 0 aliphatic carbocycles. The summed E-state index contributed by atoms with van der Waals surface area (Å²) in [7, 11) is 1.66. The molecule has 0 amide bonds. The smallest absolute Gasteiger partial charge is 0.233 e. The highest BCUT2D eigenvalue weighted by atomic mass is 32.2. The fraction of sp³-hybridized carbons (Fsp3) is 0.0909. The van der Waals surface area contributed by atoms with Crippen LogP contribution in [-0.4, -0.2) is 36.2 Å². The van der Waals surface area contributed by atoms with Crippen LogP contribution in [0.25, 0.3) is 22.9 Å². The maximum absolute atomic E-state index is 5.38. The summed E-state index contributed by atoms with van der Waals surface area (Å²) in [6.07, 6.45) is 5.67. The Morgan fingerprint density at radius 3 is 2.73 bits per heavy atom. The molecule has 8 heteroatoms. The normalized spacial score (nSPS) is 11.1. The minimum absolute atomic E-state index is 0.659. The van der Waals surface area contributed by atoms with E-state index in [0.717, 1.165) is 33.7 Å². The van der Waals surface area contributed by atoms with Crippen LogP contribution in [0.15, 0.2) is 84.4 Å². The number of benzene rings is 2. The van der Waals surface area contributed by atoms with Gasteiger partial charge in [-0.25, -0.2) is 9.97 Å². The molecule has 148 valence electrons. The van der Waals surface area contributed by atoms with Gasteiger partial charge in [-0.05, 0) is 30.3 Å². The number of rotatable bonds is 6. The maximum Gasteiger partial charge on any atom is 0.233 e. The van der Waals surface area contributed by atoms with E-state index in [2.05, 4.69) is 24.7 Å². The summed E-state index contributed by atoms with van der Waals surface area (Å²) in [5, 5.41) is 9.77. The lowest BCUT2D eigenvalue weighted by Crippen LogP contribution is -2.00. The molecule has 0 saturated heterocycles. The second-order valence-corrected chi connectivity index (χ2v) is 7.50. The summed E-state index contributed by atoms with van der Waals surface area (Å²) in [4.78, 5) is 8.85. The number of fused-ring (bicyclic) bond motifs is 1. The van der Waals surface area contributed by atoms with Gasteiger partial charge in [0.1, 0.15) is 5.75 Å². The number of hydrogen-bond acceptors (Lipinski definition) is 6. The average Bonchev–Trinajstić information content (AvgIpc) is 3.42. The fourth-order valence-electron chi connectivity index (χ4n) is 3.21. The number of imidazole rings is 1. The third-order valence-electron chi connectivity index (χ3n) is 4.61. The molecular weight excluding hydrogens is 396 g/mol. The quantitative estimate of drug-likeness (QED) is 0.386. The van der Waals surface area contributed by atoms with E-state index in [1.807, 2.05) is 77.5 Å². The second-order valence-electron chi connectivity index (χ2n) is 6.56. The Morgan fingerprint density at radius 2 is 1.90 bits per heavy atom. The predicted molar refractivity (Wildman–Crippen MR) is 116 cm³/mol. The molecule has 0 fully saturated rings. The van der Waals surface area contributed by atoms with E-state index >= 15 is 0 Å². The molecule has 0 unspecified atom stereocenters. The molecule has 0 aliphatic heterocycles. The van der Waals surface area contributed by atoms with Crippen molar-refractivity contribution in [3.63, 3.8) is 0 Å². The van der Waals surface area contributed by atoms with Crippen molar-refractivity contribution in [3.8, 4) is 22.8 Å². The molecule has 5 rings (SSSR count). The van der Waals surface area contributed by atoms with Crippen LogP contribution in [0.2, 0.25) is 0 Å². The molecule has 5 aromatic rings. The molecular formula is C22H18N6OS.